The van der Waals surface area contributed by atoms with Gasteiger partial charge >= 0.3 is 0 Å². The Morgan fingerprint density at radius 3 is 2.17 bits per heavy atom. The van der Waals surface area contributed by atoms with Crippen LogP contribution in [-0.4, -0.2) is 36.9 Å². The van der Waals surface area contributed by atoms with Crippen LogP contribution in [0, 0.1) is 0 Å². The quantitative estimate of drug-likeness (QED) is 0.543. The van der Waals surface area contributed by atoms with E-state index >= 15 is 0 Å². The van der Waals surface area contributed by atoms with Gasteiger partial charge in [-0.2, -0.15) is 14.3 Å². The summed E-state index contributed by atoms with van der Waals surface area (Å²) in [5.41, 5.74) is 1.97. The summed E-state index contributed by atoms with van der Waals surface area (Å²) >= 11 is 0. The molecule has 0 aliphatic carbocycles. The van der Waals surface area contributed by atoms with E-state index in [0.717, 1.165) is 11.1 Å². The number of rotatable bonds is 4. The molecule has 0 aliphatic rings. The van der Waals surface area contributed by atoms with Gasteiger partial charge in [0.15, 0.2) is 0 Å². The first kappa shape index (κ1) is 14.0. The molecule has 0 radical (unpaired) electrons. The number of fused-ring (bicyclic) bond motifs is 1. The minimum Gasteiger partial charge on any atom is -0.218 e. The van der Waals surface area contributed by atoms with Gasteiger partial charge in [-0.3, -0.25) is 0 Å². The van der Waals surface area contributed by atoms with Gasteiger partial charge in [-0.25, -0.2) is 4.99 Å². The largest absolute Gasteiger partial charge is 0.276 e. The Hall–Kier alpha value is -3.61. The third kappa shape index (κ3) is 2.82. The molecule has 0 bridgehead atoms. The second kappa shape index (κ2) is 6.25. The molecule has 0 fully saturated rings. The van der Waals surface area contributed by atoms with Crippen molar-refractivity contribution in [2.24, 2.45) is 10.1 Å². The molecule has 0 N–H and O–H groups in total. The fourth-order valence-corrected chi connectivity index (χ4v) is 2.16. The van der Waals surface area contributed by atoms with Crippen molar-refractivity contribution in [3.8, 4) is 0 Å². The van der Waals surface area contributed by atoms with Gasteiger partial charge in [-0.1, -0.05) is 60.7 Å². The first-order valence-corrected chi connectivity index (χ1v) is 7.37. The Kier molecular flexibility index (Phi) is 3.65. The van der Waals surface area contributed by atoms with Crippen molar-refractivity contribution in [1.29, 1.82) is 0 Å². The summed E-state index contributed by atoms with van der Waals surface area (Å²) in [6, 6.07) is 19.6. The Morgan fingerprint density at radius 1 is 0.792 bits per heavy atom. The van der Waals surface area contributed by atoms with Gasteiger partial charge in [0.1, 0.15) is 6.33 Å². The predicted molar refractivity (Wildman–Crippen MR) is 91.9 cm³/mol. The minimum absolute atomic E-state index is 0.405. The Bertz CT molecular complexity index is 914. The van der Waals surface area contributed by atoms with Crippen molar-refractivity contribution in [3.63, 3.8) is 0 Å². The molecule has 0 atom stereocenters. The third-order valence-electron chi connectivity index (χ3n) is 3.35. The molecule has 2 heterocycles. The van der Waals surface area contributed by atoms with Crippen LogP contribution in [0.3, 0.4) is 0 Å². The van der Waals surface area contributed by atoms with Gasteiger partial charge in [0, 0.05) is 6.21 Å². The molecule has 7 heteroatoms. The maximum Gasteiger partial charge on any atom is 0.276 e. The van der Waals surface area contributed by atoms with Gasteiger partial charge < -0.3 is 0 Å². The maximum absolute atomic E-state index is 4.35. The average Bonchev–Trinajstić information content (AvgIpc) is 3.22. The second-order valence-electron chi connectivity index (χ2n) is 5.01. The van der Waals surface area contributed by atoms with Crippen LogP contribution in [0.1, 0.15) is 11.1 Å². The van der Waals surface area contributed by atoms with Gasteiger partial charge in [-0.05, 0) is 11.1 Å². The highest BCUT2D eigenvalue weighted by Gasteiger charge is 2.09. The summed E-state index contributed by atoms with van der Waals surface area (Å²) in [7, 11) is 0. The molecule has 116 valence electrons. The number of aromatic nitrogens is 5. The first-order valence-electron chi connectivity index (χ1n) is 7.37. The van der Waals surface area contributed by atoms with Gasteiger partial charge in [0.2, 0.25) is 0 Å². The van der Waals surface area contributed by atoms with Crippen molar-refractivity contribution >= 4 is 24.2 Å². The van der Waals surface area contributed by atoms with Gasteiger partial charge in [0.25, 0.3) is 11.7 Å². The number of benzene rings is 2. The molecule has 7 nitrogen and oxygen atoms in total. The zero-order valence-electron chi connectivity index (χ0n) is 12.6. The van der Waals surface area contributed by atoms with Crippen molar-refractivity contribution in [2.75, 3.05) is 0 Å². The minimum atomic E-state index is 0.405. The highest BCUT2D eigenvalue weighted by molar-refractivity contribution is 5.81. The fourth-order valence-electron chi connectivity index (χ4n) is 2.16. The zero-order valence-corrected chi connectivity index (χ0v) is 12.6. The van der Waals surface area contributed by atoms with Crippen LogP contribution in [-0.2, 0) is 0 Å². The lowest BCUT2D eigenvalue weighted by Crippen LogP contribution is -1.90. The van der Waals surface area contributed by atoms with Crippen molar-refractivity contribution in [1.82, 2.24) is 24.5 Å². The van der Waals surface area contributed by atoms with Gasteiger partial charge in [0.05, 0.1) is 6.21 Å². The summed E-state index contributed by atoms with van der Waals surface area (Å²) in [4.78, 5) is 4.33. The highest BCUT2D eigenvalue weighted by Crippen LogP contribution is 2.10. The lowest BCUT2D eigenvalue weighted by atomic mass is 10.2. The van der Waals surface area contributed by atoms with Crippen LogP contribution in [0.4, 0.5) is 5.95 Å². The van der Waals surface area contributed by atoms with Crippen molar-refractivity contribution < 1.29 is 0 Å². The molecule has 4 aromatic rings. The SMILES string of the molecule is C(=Nc1nnc2n(N=Cc3ccccc3)cnn12)c1ccccc1. The lowest BCUT2D eigenvalue weighted by Gasteiger charge is -1.91. The van der Waals surface area contributed by atoms with Crippen LogP contribution in [0.2, 0.25) is 0 Å². The summed E-state index contributed by atoms with van der Waals surface area (Å²) in [5.74, 6) is 0.907. The summed E-state index contributed by atoms with van der Waals surface area (Å²) in [5, 5.41) is 16.7. The Labute approximate surface area is 137 Å². The number of hydrogen-bond acceptors (Lipinski definition) is 5. The summed E-state index contributed by atoms with van der Waals surface area (Å²) in [6.07, 6.45) is 5.04. The summed E-state index contributed by atoms with van der Waals surface area (Å²) in [6.45, 7) is 0. The first-order chi connectivity index (χ1) is 11.9. The molecule has 0 spiro atoms. The highest BCUT2D eigenvalue weighted by atomic mass is 15.5. The van der Waals surface area contributed by atoms with E-state index in [-0.39, 0.29) is 0 Å². The van der Waals surface area contributed by atoms with Crippen LogP contribution in [0.25, 0.3) is 5.78 Å². The normalized spacial score (nSPS) is 11.8. The number of hydrogen-bond donors (Lipinski definition) is 0. The lowest BCUT2D eigenvalue weighted by molar-refractivity contribution is 0.882. The fraction of sp³-hybridized carbons (Fsp3) is 0. The Morgan fingerprint density at radius 2 is 1.46 bits per heavy atom. The van der Waals surface area contributed by atoms with E-state index in [9.17, 15) is 0 Å². The monoisotopic (exact) mass is 315 g/mol. The molecule has 0 aliphatic heterocycles. The van der Waals surface area contributed by atoms with Crippen LogP contribution in [0.15, 0.2) is 77.1 Å². The van der Waals surface area contributed by atoms with E-state index in [2.05, 4.69) is 25.4 Å². The molecule has 0 saturated heterocycles. The predicted octanol–water partition coefficient (Wildman–Crippen LogP) is 2.56. The average molecular weight is 315 g/mol. The van der Waals surface area contributed by atoms with E-state index in [1.165, 1.54) is 0 Å². The number of nitrogens with zero attached hydrogens (tertiary/aromatic N) is 7. The topological polar surface area (TPSA) is 72.7 Å². The van der Waals surface area contributed by atoms with E-state index in [1.54, 1.807) is 27.9 Å². The molecule has 0 unspecified atom stereocenters. The Balaban J connectivity index is 1.61. The zero-order chi connectivity index (χ0) is 16.2. The maximum atomic E-state index is 4.35. The van der Waals surface area contributed by atoms with Gasteiger partial charge in [-0.15, -0.1) is 15.3 Å². The molecular formula is C17H13N7. The van der Waals surface area contributed by atoms with E-state index in [1.807, 2.05) is 60.7 Å². The van der Waals surface area contributed by atoms with Crippen LogP contribution < -0.4 is 0 Å². The third-order valence-corrected chi connectivity index (χ3v) is 3.35. The molecule has 2 aromatic carbocycles. The molecule has 24 heavy (non-hydrogen) atoms. The molecule has 0 amide bonds. The standard InChI is InChI=1S/C17H13N7/c1-3-7-14(8-4-1)11-18-16-21-22-17-23(13-20-24(16)17)19-12-15-9-5-2-6-10-15/h1-13H. The molecule has 2 aromatic heterocycles. The molecular weight excluding hydrogens is 302 g/mol. The van der Waals surface area contributed by atoms with Crippen LogP contribution >= 0.6 is 0 Å². The second-order valence-corrected chi connectivity index (χ2v) is 5.01. The van der Waals surface area contributed by atoms with E-state index < -0.39 is 0 Å². The van der Waals surface area contributed by atoms with E-state index in [4.69, 9.17) is 0 Å². The summed E-state index contributed by atoms with van der Waals surface area (Å²) < 4.78 is 3.10. The van der Waals surface area contributed by atoms with Crippen LogP contribution in [0.5, 0.6) is 0 Å². The molecule has 0 saturated carbocycles. The smallest absolute Gasteiger partial charge is 0.218 e. The van der Waals surface area contributed by atoms with Crippen molar-refractivity contribution in [2.45, 2.75) is 0 Å². The van der Waals surface area contributed by atoms with Crippen molar-refractivity contribution in [3.05, 3.63) is 78.1 Å². The number of aliphatic imine (C=N–C) groups is 1. The molecule has 4 rings (SSSR count). The van der Waals surface area contributed by atoms with E-state index in [0.29, 0.717) is 11.7 Å².